The number of halogens is 2. The van der Waals surface area contributed by atoms with Gasteiger partial charge in [0.05, 0.1) is 9.90 Å². The molecule has 0 aliphatic carbocycles. The minimum absolute atomic E-state index is 0.377. The van der Waals surface area contributed by atoms with Crippen LogP contribution in [-0.4, -0.2) is 25.7 Å². The van der Waals surface area contributed by atoms with Gasteiger partial charge >= 0.3 is 5.76 Å². The van der Waals surface area contributed by atoms with Crippen LogP contribution >= 0.6 is 11.3 Å². The van der Waals surface area contributed by atoms with Gasteiger partial charge in [-0.05, 0) is 24.3 Å². The Morgan fingerprint density at radius 1 is 1.25 bits per heavy atom. The lowest BCUT2D eigenvalue weighted by molar-refractivity contribution is 0.234. The number of alkyl halides is 2. The monoisotopic (exact) mass is 318 g/mol. The Bertz CT molecular complexity index is 641. The standard InChI is InChI=1S/C12H12F2N2O2S2/c13-12(14)20(17,18)10-3-1-9(2-4-10)15-6-5-11-16-7-8-19-11/h1-4,7-8,12,15H,5-6H2. The van der Waals surface area contributed by atoms with Crippen LogP contribution in [0.3, 0.4) is 0 Å². The summed E-state index contributed by atoms with van der Waals surface area (Å²) in [5.41, 5.74) is 0.676. The molecule has 0 atom stereocenters. The Morgan fingerprint density at radius 3 is 2.50 bits per heavy atom. The second-order valence-corrected chi connectivity index (χ2v) is 6.83. The van der Waals surface area contributed by atoms with Crippen molar-refractivity contribution in [1.82, 2.24) is 4.98 Å². The van der Waals surface area contributed by atoms with Crippen LogP contribution in [0.5, 0.6) is 0 Å². The first-order chi connectivity index (χ1) is 9.50. The van der Waals surface area contributed by atoms with Gasteiger partial charge in [-0.15, -0.1) is 11.3 Å². The number of rotatable bonds is 6. The fourth-order valence-electron chi connectivity index (χ4n) is 1.56. The van der Waals surface area contributed by atoms with E-state index in [0.717, 1.165) is 11.4 Å². The van der Waals surface area contributed by atoms with Crippen LogP contribution in [0.1, 0.15) is 5.01 Å². The van der Waals surface area contributed by atoms with Crippen molar-refractivity contribution in [2.24, 2.45) is 0 Å². The van der Waals surface area contributed by atoms with E-state index in [2.05, 4.69) is 10.3 Å². The quantitative estimate of drug-likeness (QED) is 0.890. The molecule has 2 aromatic rings. The molecule has 0 fully saturated rings. The van der Waals surface area contributed by atoms with Gasteiger partial charge < -0.3 is 5.32 Å². The van der Waals surface area contributed by atoms with Crippen molar-refractivity contribution in [3.05, 3.63) is 40.8 Å². The molecule has 0 bridgehead atoms. The topological polar surface area (TPSA) is 59.1 Å². The van der Waals surface area contributed by atoms with Gasteiger partial charge in [-0.25, -0.2) is 13.4 Å². The summed E-state index contributed by atoms with van der Waals surface area (Å²) < 4.78 is 47.2. The molecule has 0 spiro atoms. The first-order valence-electron chi connectivity index (χ1n) is 5.74. The Hall–Kier alpha value is -1.54. The Labute approximate surface area is 119 Å². The number of nitrogens with one attached hydrogen (secondary N) is 1. The second kappa shape index (κ2) is 6.27. The number of nitrogens with zero attached hydrogens (tertiary/aromatic N) is 1. The lowest BCUT2D eigenvalue weighted by atomic mass is 10.3. The second-order valence-electron chi connectivity index (χ2n) is 3.93. The smallest absolute Gasteiger partial charge is 0.341 e. The average molecular weight is 318 g/mol. The molecule has 0 saturated carbocycles. The third-order valence-electron chi connectivity index (χ3n) is 2.57. The summed E-state index contributed by atoms with van der Waals surface area (Å²) in [5.74, 6) is -3.40. The third-order valence-corrected chi connectivity index (χ3v) is 4.81. The summed E-state index contributed by atoms with van der Waals surface area (Å²) in [6.45, 7) is 0.633. The molecule has 108 valence electrons. The predicted molar refractivity (Wildman–Crippen MR) is 73.9 cm³/mol. The number of aromatic nitrogens is 1. The minimum Gasteiger partial charge on any atom is -0.385 e. The number of hydrogen-bond donors (Lipinski definition) is 1. The zero-order chi connectivity index (χ0) is 14.6. The highest BCUT2D eigenvalue weighted by Gasteiger charge is 2.26. The molecule has 0 unspecified atom stereocenters. The van der Waals surface area contributed by atoms with Gasteiger partial charge in [0.1, 0.15) is 0 Å². The molecule has 8 heteroatoms. The first kappa shape index (κ1) is 14.9. The molecule has 1 heterocycles. The summed E-state index contributed by atoms with van der Waals surface area (Å²) in [5, 5.41) is 5.96. The van der Waals surface area contributed by atoms with Crippen LogP contribution in [-0.2, 0) is 16.3 Å². The molecule has 20 heavy (non-hydrogen) atoms. The van der Waals surface area contributed by atoms with Crippen LogP contribution in [0.25, 0.3) is 0 Å². The number of benzene rings is 1. The maximum absolute atomic E-state index is 12.3. The van der Waals surface area contributed by atoms with E-state index in [-0.39, 0.29) is 4.90 Å². The van der Waals surface area contributed by atoms with Crippen LogP contribution < -0.4 is 5.32 Å². The number of sulfone groups is 1. The summed E-state index contributed by atoms with van der Waals surface area (Å²) >= 11 is 1.55. The zero-order valence-corrected chi connectivity index (χ0v) is 11.9. The highest BCUT2D eigenvalue weighted by molar-refractivity contribution is 7.91. The molecule has 0 saturated heterocycles. The molecule has 0 aliphatic heterocycles. The van der Waals surface area contributed by atoms with Crippen LogP contribution in [0.2, 0.25) is 0 Å². The molecular formula is C12H12F2N2O2S2. The molecular weight excluding hydrogens is 306 g/mol. The van der Waals surface area contributed by atoms with Crippen molar-refractivity contribution >= 4 is 26.9 Å². The van der Waals surface area contributed by atoms with Crippen LogP contribution in [0, 0.1) is 0 Å². The van der Waals surface area contributed by atoms with Crippen molar-refractivity contribution < 1.29 is 17.2 Å². The van der Waals surface area contributed by atoms with E-state index in [0.29, 0.717) is 12.2 Å². The van der Waals surface area contributed by atoms with Crippen molar-refractivity contribution in [3.63, 3.8) is 0 Å². The van der Waals surface area contributed by atoms with Crippen LogP contribution in [0.15, 0.2) is 40.7 Å². The normalized spacial score (nSPS) is 11.8. The van der Waals surface area contributed by atoms with E-state index in [9.17, 15) is 17.2 Å². The highest BCUT2D eigenvalue weighted by Crippen LogP contribution is 2.20. The van der Waals surface area contributed by atoms with Gasteiger partial charge in [-0.3, -0.25) is 0 Å². The predicted octanol–water partition coefficient (Wildman–Crippen LogP) is 2.79. The van der Waals surface area contributed by atoms with Crippen molar-refractivity contribution in [2.75, 3.05) is 11.9 Å². The minimum atomic E-state index is -4.52. The largest absolute Gasteiger partial charge is 0.385 e. The lowest BCUT2D eigenvalue weighted by Crippen LogP contribution is -2.11. The zero-order valence-electron chi connectivity index (χ0n) is 10.3. The molecule has 0 amide bonds. The number of hydrogen-bond acceptors (Lipinski definition) is 5. The molecule has 2 rings (SSSR count). The van der Waals surface area contributed by atoms with Gasteiger partial charge in [0, 0.05) is 30.2 Å². The fourth-order valence-corrected chi connectivity index (χ4v) is 2.90. The van der Waals surface area contributed by atoms with Crippen molar-refractivity contribution in [1.29, 1.82) is 0 Å². The molecule has 4 nitrogen and oxygen atoms in total. The average Bonchev–Trinajstić information content (AvgIpc) is 2.92. The molecule has 1 N–H and O–H groups in total. The van der Waals surface area contributed by atoms with Crippen LogP contribution in [0.4, 0.5) is 14.5 Å². The summed E-state index contributed by atoms with van der Waals surface area (Å²) in [6, 6.07) is 5.29. The fraction of sp³-hybridized carbons (Fsp3) is 0.250. The number of anilines is 1. The van der Waals surface area contributed by atoms with Crippen molar-refractivity contribution in [2.45, 2.75) is 17.1 Å². The Kier molecular flexibility index (Phi) is 4.66. The van der Waals surface area contributed by atoms with E-state index in [4.69, 9.17) is 0 Å². The Balaban J connectivity index is 1.95. The number of thiazole rings is 1. The molecule has 0 radical (unpaired) electrons. The molecule has 0 aliphatic rings. The highest BCUT2D eigenvalue weighted by atomic mass is 32.2. The summed E-state index contributed by atoms with van der Waals surface area (Å²) in [4.78, 5) is 3.75. The van der Waals surface area contributed by atoms with E-state index < -0.39 is 15.6 Å². The van der Waals surface area contributed by atoms with E-state index >= 15 is 0 Å². The van der Waals surface area contributed by atoms with Gasteiger partial charge in [-0.2, -0.15) is 8.78 Å². The molecule has 1 aromatic carbocycles. The van der Waals surface area contributed by atoms with Gasteiger partial charge in [0.2, 0.25) is 9.84 Å². The Morgan fingerprint density at radius 2 is 1.95 bits per heavy atom. The van der Waals surface area contributed by atoms with Gasteiger partial charge in [-0.1, -0.05) is 0 Å². The van der Waals surface area contributed by atoms with Gasteiger partial charge in [0.25, 0.3) is 0 Å². The summed E-state index contributed by atoms with van der Waals surface area (Å²) in [7, 11) is -4.52. The van der Waals surface area contributed by atoms with Gasteiger partial charge in [0.15, 0.2) is 0 Å². The maximum atomic E-state index is 12.3. The SMILES string of the molecule is O=S(=O)(c1ccc(NCCc2nccs2)cc1)C(F)F. The van der Waals surface area contributed by atoms with Crippen molar-refractivity contribution in [3.8, 4) is 0 Å². The summed E-state index contributed by atoms with van der Waals surface area (Å²) in [6.07, 6.45) is 2.47. The van der Waals surface area contributed by atoms with E-state index in [1.807, 2.05) is 5.38 Å². The maximum Gasteiger partial charge on any atom is 0.341 e. The first-order valence-corrected chi connectivity index (χ1v) is 8.17. The lowest BCUT2D eigenvalue weighted by Gasteiger charge is -2.07. The third kappa shape index (κ3) is 3.51. The van der Waals surface area contributed by atoms with E-state index in [1.165, 1.54) is 24.3 Å². The molecule has 1 aromatic heterocycles. The van der Waals surface area contributed by atoms with E-state index in [1.54, 1.807) is 17.5 Å².